The average molecular weight is 300 g/mol. The number of fused-ring (bicyclic) bond motifs is 1. The predicted molar refractivity (Wildman–Crippen MR) is 95.8 cm³/mol. The van der Waals surface area contributed by atoms with E-state index in [9.17, 15) is 0 Å². The third kappa shape index (κ3) is 2.30. The molecule has 4 heteroatoms. The van der Waals surface area contributed by atoms with Gasteiger partial charge in [0.15, 0.2) is 0 Å². The highest BCUT2D eigenvalue weighted by Crippen LogP contribution is 2.34. The minimum Gasteiger partial charge on any atom is -0.399 e. The van der Waals surface area contributed by atoms with Crippen molar-refractivity contribution in [3.05, 3.63) is 67.0 Å². The summed E-state index contributed by atoms with van der Waals surface area (Å²) in [6.07, 6.45) is 1.73. The van der Waals surface area contributed by atoms with Crippen LogP contribution in [-0.2, 0) is 0 Å². The van der Waals surface area contributed by atoms with Crippen molar-refractivity contribution in [3.8, 4) is 22.3 Å². The Balaban J connectivity index is 1.91. The summed E-state index contributed by atoms with van der Waals surface area (Å²) in [7, 11) is 0. The fraction of sp³-hybridized carbons (Fsp3) is 0. The zero-order chi connectivity index (χ0) is 15.8. The fourth-order valence-electron chi connectivity index (χ4n) is 2.83. The first-order valence-electron chi connectivity index (χ1n) is 7.40. The first kappa shape index (κ1) is 13.4. The molecule has 5 N–H and O–H groups in total. The second-order valence-electron chi connectivity index (χ2n) is 5.53. The van der Waals surface area contributed by atoms with Crippen molar-refractivity contribution < 1.29 is 0 Å². The number of hydrogen-bond donors (Lipinski definition) is 3. The van der Waals surface area contributed by atoms with E-state index in [1.165, 1.54) is 0 Å². The van der Waals surface area contributed by atoms with Gasteiger partial charge in [-0.1, -0.05) is 36.4 Å². The van der Waals surface area contributed by atoms with Crippen LogP contribution in [0, 0.1) is 0 Å². The second-order valence-corrected chi connectivity index (χ2v) is 5.53. The number of nitrogens with two attached hydrogens (primary N) is 2. The van der Waals surface area contributed by atoms with Gasteiger partial charge in [-0.25, -0.2) is 4.98 Å². The third-order valence-electron chi connectivity index (χ3n) is 4.02. The van der Waals surface area contributed by atoms with E-state index in [4.69, 9.17) is 11.5 Å². The Hall–Kier alpha value is -3.27. The molecule has 0 saturated heterocycles. The molecule has 0 saturated carbocycles. The van der Waals surface area contributed by atoms with Crippen LogP contribution >= 0.6 is 0 Å². The Kier molecular flexibility index (Phi) is 3.01. The van der Waals surface area contributed by atoms with Gasteiger partial charge in [-0.05, 0) is 35.4 Å². The van der Waals surface area contributed by atoms with Gasteiger partial charge < -0.3 is 16.5 Å². The third-order valence-corrected chi connectivity index (χ3v) is 4.02. The van der Waals surface area contributed by atoms with Gasteiger partial charge >= 0.3 is 0 Å². The number of benzene rings is 3. The molecule has 0 atom stereocenters. The first-order valence-corrected chi connectivity index (χ1v) is 7.40. The van der Waals surface area contributed by atoms with E-state index in [0.717, 1.165) is 44.7 Å². The van der Waals surface area contributed by atoms with Crippen molar-refractivity contribution in [2.75, 3.05) is 11.5 Å². The van der Waals surface area contributed by atoms with Gasteiger partial charge in [0.05, 0.1) is 17.4 Å². The highest BCUT2D eigenvalue weighted by molar-refractivity contribution is 6.00. The number of nitrogens with one attached hydrogen (secondary N) is 1. The lowest BCUT2D eigenvalue weighted by Gasteiger charge is -2.08. The predicted octanol–water partition coefficient (Wildman–Crippen LogP) is 4.06. The number of nitrogens with zero attached hydrogens (tertiary/aromatic N) is 1. The van der Waals surface area contributed by atoms with Crippen LogP contribution in [0.3, 0.4) is 0 Å². The molecule has 0 aliphatic heterocycles. The number of nitrogen functional groups attached to an aromatic ring is 2. The second kappa shape index (κ2) is 5.18. The van der Waals surface area contributed by atoms with Gasteiger partial charge in [-0.15, -0.1) is 0 Å². The molecule has 0 aliphatic carbocycles. The van der Waals surface area contributed by atoms with Crippen molar-refractivity contribution in [3.63, 3.8) is 0 Å². The maximum atomic E-state index is 5.78. The smallest absolute Gasteiger partial charge is 0.0967 e. The topological polar surface area (TPSA) is 80.7 Å². The Morgan fingerprint density at radius 3 is 1.78 bits per heavy atom. The number of aromatic amines is 1. The summed E-state index contributed by atoms with van der Waals surface area (Å²) in [6, 6.07) is 19.9. The van der Waals surface area contributed by atoms with Gasteiger partial charge in [0.2, 0.25) is 0 Å². The van der Waals surface area contributed by atoms with Crippen LogP contribution in [0.4, 0.5) is 11.4 Å². The summed E-state index contributed by atoms with van der Waals surface area (Å²) in [4.78, 5) is 7.77. The molecule has 3 aromatic carbocycles. The van der Waals surface area contributed by atoms with Crippen LogP contribution in [0.2, 0.25) is 0 Å². The Morgan fingerprint density at radius 2 is 1.17 bits per heavy atom. The summed E-state index contributed by atoms with van der Waals surface area (Å²) < 4.78 is 0. The molecule has 0 spiro atoms. The fourth-order valence-corrected chi connectivity index (χ4v) is 2.83. The van der Waals surface area contributed by atoms with E-state index in [0.29, 0.717) is 0 Å². The lowest BCUT2D eigenvalue weighted by atomic mass is 9.97. The standard InChI is InChI=1S/C19H16N4/c20-14-5-1-12(2-6-14)16-9-10-17(19-18(16)22-11-23-19)13-3-7-15(21)8-4-13/h1-11H,20-21H2,(H,22,23). The van der Waals surface area contributed by atoms with Crippen molar-refractivity contribution >= 4 is 22.4 Å². The van der Waals surface area contributed by atoms with E-state index >= 15 is 0 Å². The van der Waals surface area contributed by atoms with Crippen LogP contribution in [0.15, 0.2) is 67.0 Å². The average Bonchev–Trinajstić information content (AvgIpc) is 3.05. The minimum atomic E-state index is 0.755. The number of hydrogen-bond acceptors (Lipinski definition) is 3. The quantitative estimate of drug-likeness (QED) is 0.488. The number of imidazole rings is 1. The number of aromatic nitrogens is 2. The zero-order valence-corrected chi connectivity index (χ0v) is 12.5. The molecule has 0 unspecified atom stereocenters. The van der Waals surface area contributed by atoms with E-state index in [1.807, 2.05) is 48.5 Å². The van der Waals surface area contributed by atoms with Crippen molar-refractivity contribution in [2.45, 2.75) is 0 Å². The Labute approximate surface area is 133 Å². The Morgan fingerprint density at radius 1 is 0.652 bits per heavy atom. The van der Waals surface area contributed by atoms with Gasteiger partial charge in [0.1, 0.15) is 0 Å². The highest BCUT2D eigenvalue weighted by Gasteiger charge is 2.11. The molecular formula is C19H16N4. The highest BCUT2D eigenvalue weighted by atomic mass is 14.9. The molecule has 112 valence electrons. The lowest BCUT2D eigenvalue weighted by molar-refractivity contribution is 1.34. The van der Waals surface area contributed by atoms with Gasteiger partial charge in [-0.2, -0.15) is 0 Å². The molecule has 0 fully saturated rings. The molecule has 4 aromatic rings. The summed E-state index contributed by atoms with van der Waals surface area (Å²) in [5, 5.41) is 0. The summed E-state index contributed by atoms with van der Waals surface area (Å²) in [5.74, 6) is 0. The lowest BCUT2D eigenvalue weighted by Crippen LogP contribution is -1.88. The van der Waals surface area contributed by atoms with E-state index in [2.05, 4.69) is 22.1 Å². The molecule has 0 aliphatic rings. The van der Waals surface area contributed by atoms with E-state index < -0.39 is 0 Å². The molecule has 23 heavy (non-hydrogen) atoms. The molecule has 4 rings (SSSR count). The number of H-pyrrole nitrogens is 1. The largest absolute Gasteiger partial charge is 0.399 e. The summed E-state index contributed by atoms with van der Waals surface area (Å²) in [5.41, 5.74) is 19.4. The summed E-state index contributed by atoms with van der Waals surface area (Å²) >= 11 is 0. The van der Waals surface area contributed by atoms with Crippen molar-refractivity contribution in [1.29, 1.82) is 0 Å². The molecular weight excluding hydrogens is 284 g/mol. The molecule has 4 nitrogen and oxygen atoms in total. The maximum absolute atomic E-state index is 5.78. The Bertz CT molecular complexity index is 887. The molecule has 0 radical (unpaired) electrons. The van der Waals surface area contributed by atoms with Crippen LogP contribution in [0.1, 0.15) is 0 Å². The minimum absolute atomic E-state index is 0.755. The molecule has 0 bridgehead atoms. The van der Waals surface area contributed by atoms with Gasteiger partial charge in [-0.3, -0.25) is 0 Å². The van der Waals surface area contributed by atoms with Crippen LogP contribution in [-0.4, -0.2) is 9.97 Å². The number of rotatable bonds is 2. The van der Waals surface area contributed by atoms with Crippen LogP contribution in [0.5, 0.6) is 0 Å². The molecule has 1 aromatic heterocycles. The van der Waals surface area contributed by atoms with E-state index in [-0.39, 0.29) is 0 Å². The maximum Gasteiger partial charge on any atom is 0.0967 e. The van der Waals surface area contributed by atoms with Gasteiger partial charge in [0.25, 0.3) is 0 Å². The van der Waals surface area contributed by atoms with Crippen LogP contribution in [0.25, 0.3) is 33.3 Å². The molecule has 0 amide bonds. The van der Waals surface area contributed by atoms with Crippen LogP contribution < -0.4 is 11.5 Å². The zero-order valence-electron chi connectivity index (χ0n) is 12.5. The molecule has 1 heterocycles. The normalized spacial score (nSPS) is 11.0. The number of anilines is 2. The van der Waals surface area contributed by atoms with Crippen molar-refractivity contribution in [1.82, 2.24) is 9.97 Å². The van der Waals surface area contributed by atoms with E-state index in [1.54, 1.807) is 6.33 Å². The monoisotopic (exact) mass is 300 g/mol. The van der Waals surface area contributed by atoms with Crippen molar-refractivity contribution in [2.24, 2.45) is 0 Å². The van der Waals surface area contributed by atoms with Gasteiger partial charge in [0, 0.05) is 22.5 Å². The first-order chi connectivity index (χ1) is 11.2. The SMILES string of the molecule is Nc1ccc(-c2ccc(-c3ccc(N)cc3)c3[nH]cnc23)cc1. The summed E-state index contributed by atoms with van der Waals surface area (Å²) in [6.45, 7) is 0.